The Balaban J connectivity index is 1.18. The van der Waals surface area contributed by atoms with Crippen molar-refractivity contribution >= 4 is 54.9 Å². The highest BCUT2D eigenvalue weighted by Gasteiger charge is 2.18. The van der Waals surface area contributed by atoms with E-state index in [0.29, 0.717) is 0 Å². The smallest absolute Gasteiger partial charge is 0.165 e. The summed E-state index contributed by atoms with van der Waals surface area (Å²) < 4.78 is 4.61. The highest BCUT2D eigenvalue weighted by atomic mass is 15.1. The Bertz CT molecular complexity index is 2810. The van der Waals surface area contributed by atoms with E-state index in [-0.39, 0.29) is 0 Å². The van der Waals surface area contributed by atoms with Crippen LogP contribution in [0.1, 0.15) is 0 Å². The van der Waals surface area contributed by atoms with E-state index >= 15 is 0 Å². The molecule has 0 N–H and O–H groups in total. The van der Waals surface area contributed by atoms with Crippen LogP contribution in [0.2, 0.25) is 0 Å². The zero-order valence-corrected chi connectivity index (χ0v) is 26.0. The molecule has 4 heteroatoms. The predicted octanol–water partition coefficient (Wildman–Crippen LogP) is 11.2. The van der Waals surface area contributed by atoms with Crippen molar-refractivity contribution in [1.82, 2.24) is 19.1 Å². The molecule has 10 rings (SSSR count). The van der Waals surface area contributed by atoms with Gasteiger partial charge in [-0.1, -0.05) is 103 Å². The molecule has 0 aliphatic rings. The third kappa shape index (κ3) is 4.10. The van der Waals surface area contributed by atoms with E-state index in [9.17, 15) is 0 Å². The van der Waals surface area contributed by atoms with Crippen LogP contribution in [0.5, 0.6) is 0 Å². The third-order valence-electron chi connectivity index (χ3n) is 9.51. The van der Waals surface area contributed by atoms with Crippen LogP contribution in [-0.2, 0) is 0 Å². The molecule has 0 fully saturated rings. The number of fused-ring (bicyclic) bond motifs is 7. The summed E-state index contributed by atoms with van der Waals surface area (Å²) in [6.45, 7) is 0. The molecule has 0 aliphatic heterocycles. The van der Waals surface area contributed by atoms with Crippen LogP contribution in [0.3, 0.4) is 0 Å². The van der Waals surface area contributed by atoms with Gasteiger partial charge in [-0.05, 0) is 89.0 Å². The van der Waals surface area contributed by atoms with Gasteiger partial charge in [0.15, 0.2) is 5.65 Å². The van der Waals surface area contributed by atoms with Gasteiger partial charge >= 0.3 is 0 Å². The molecule has 48 heavy (non-hydrogen) atoms. The van der Waals surface area contributed by atoms with E-state index < -0.39 is 0 Å². The summed E-state index contributed by atoms with van der Waals surface area (Å²) in [6, 6.07) is 60.2. The molecule has 0 bridgehead atoms. The summed E-state index contributed by atoms with van der Waals surface area (Å²) in [5.41, 5.74) is 13.9. The second kappa shape index (κ2) is 10.5. The molecule has 3 aromatic heterocycles. The van der Waals surface area contributed by atoms with Gasteiger partial charge in [-0.3, -0.25) is 4.57 Å². The Morgan fingerprint density at radius 3 is 1.60 bits per heavy atom. The largest absolute Gasteiger partial charge is 0.309 e. The van der Waals surface area contributed by atoms with Crippen LogP contribution in [-0.4, -0.2) is 19.1 Å². The minimum Gasteiger partial charge on any atom is -0.309 e. The molecular weight excluding hydrogens is 585 g/mol. The van der Waals surface area contributed by atoms with Gasteiger partial charge in [0.25, 0.3) is 0 Å². The van der Waals surface area contributed by atoms with Crippen LogP contribution in [0.4, 0.5) is 0 Å². The fourth-order valence-corrected chi connectivity index (χ4v) is 7.24. The molecule has 3 heterocycles. The average Bonchev–Trinajstić information content (AvgIpc) is 3.66. The Morgan fingerprint density at radius 2 is 0.854 bits per heavy atom. The topological polar surface area (TPSA) is 35.6 Å². The maximum Gasteiger partial charge on any atom is 0.165 e. The number of para-hydroxylation sites is 4. The van der Waals surface area contributed by atoms with Gasteiger partial charge in [0.1, 0.15) is 5.52 Å². The summed E-state index contributed by atoms with van der Waals surface area (Å²) in [5, 5.41) is 3.56. The van der Waals surface area contributed by atoms with Gasteiger partial charge in [0, 0.05) is 27.5 Å². The molecule has 224 valence electrons. The number of rotatable bonds is 4. The predicted molar refractivity (Wildman–Crippen MR) is 199 cm³/mol. The van der Waals surface area contributed by atoms with E-state index in [4.69, 9.17) is 9.97 Å². The molecular formula is C44H28N4. The first kappa shape index (κ1) is 26.7. The number of aromatic nitrogens is 4. The van der Waals surface area contributed by atoms with Crippen LogP contribution < -0.4 is 0 Å². The molecule has 0 saturated heterocycles. The number of benzene rings is 7. The Labute approximate surface area is 276 Å². The maximum atomic E-state index is 5.19. The van der Waals surface area contributed by atoms with E-state index in [1.165, 1.54) is 38.5 Å². The first-order valence-electron chi connectivity index (χ1n) is 16.3. The second-order valence-corrected chi connectivity index (χ2v) is 12.3. The molecule has 0 amide bonds. The van der Waals surface area contributed by atoms with E-state index in [0.717, 1.165) is 50.0 Å². The second-order valence-electron chi connectivity index (χ2n) is 12.3. The van der Waals surface area contributed by atoms with Crippen molar-refractivity contribution < 1.29 is 0 Å². The fraction of sp³-hybridized carbons (Fsp3) is 0. The number of nitrogens with zero attached hydrogens (tertiary/aromatic N) is 4. The van der Waals surface area contributed by atoms with Crippen LogP contribution in [0.15, 0.2) is 170 Å². The van der Waals surface area contributed by atoms with Gasteiger partial charge in [-0.15, -0.1) is 0 Å². The molecule has 10 aromatic rings. The Hall–Kier alpha value is -6.52. The van der Waals surface area contributed by atoms with Gasteiger partial charge in [0.05, 0.1) is 27.6 Å². The summed E-state index contributed by atoms with van der Waals surface area (Å²) in [6.07, 6.45) is 0. The van der Waals surface area contributed by atoms with Gasteiger partial charge in [-0.2, -0.15) is 0 Å². The van der Waals surface area contributed by atoms with Crippen molar-refractivity contribution in [1.29, 1.82) is 0 Å². The van der Waals surface area contributed by atoms with Gasteiger partial charge in [-0.25, -0.2) is 9.97 Å². The quantitative estimate of drug-likeness (QED) is 0.198. The van der Waals surface area contributed by atoms with Crippen molar-refractivity contribution in [2.24, 2.45) is 0 Å². The minimum absolute atomic E-state index is 0.856. The molecule has 0 unspecified atom stereocenters. The van der Waals surface area contributed by atoms with Gasteiger partial charge in [0.2, 0.25) is 0 Å². The van der Waals surface area contributed by atoms with Crippen LogP contribution >= 0.6 is 0 Å². The van der Waals surface area contributed by atoms with Crippen molar-refractivity contribution in [2.45, 2.75) is 0 Å². The molecule has 4 nitrogen and oxygen atoms in total. The van der Waals surface area contributed by atoms with Crippen molar-refractivity contribution in [3.63, 3.8) is 0 Å². The number of hydrogen-bond donors (Lipinski definition) is 0. The summed E-state index contributed by atoms with van der Waals surface area (Å²) in [4.78, 5) is 10.4. The third-order valence-corrected chi connectivity index (χ3v) is 9.51. The standard InChI is InChI=1S/C44H28N4/c1-3-11-29(12-4-1)30-19-23-34(24-20-30)48-42-26-22-32(28-37(42)43-44(48)46-39-17-9-8-16-38(39)45-43)31-21-25-41-36(27-31)35-15-7-10-18-40(35)47(41)33-13-5-2-6-14-33/h1-28H. The highest BCUT2D eigenvalue weighted by molar-refractivity contribution is 6.12. The van der Waals surface area contributed by atoms with E-state index in [2.05, 4.69) is 149 Å². The van der Waals surface area contributed by atoms with Crippen LogP contribution in [0, 0.1) is 0 Å². The Morgan fingerprint density at radius 1 is 0.333 bits per heavy atom. The number of hydrogen-bond acceptors (Lipinski definition) is 2. The minimum atomic E-state index is 0.856. The van der Waals surface area contributed by atoms with Crippen molar-refractivity contribution in [3.05, 3.63) is 170 Å². The lowest BCUT2D eigenvalue weighted by atomic mass is 10.0. The zero-order chi connectivity index (χ0) is 31.6. The molecule has 0 saturated carbocycles. The first-order valence-corrected chi connectivity index (χ1v) is 16.3. The lowest BCUT2D eigenvalue weighted by molar-refractivity contribution is 1.14. The summed E-state index contributed by atoms with van der Waals surface area (Å²) >= 11 is 0. The molecule has 0 aliphatic carbocycles. The molecule has 0 spiro atoms. The lowest BCUT2D eigenvalue weighted by Crippen LogP contribution is -1.96. The van der Waals surface area contributed by atoms with Gasteiger partial charge < -0.3 is 4.57 Å². The maximum absolute atomic E-state index is 5.19. The zero-order valence-electron chi connectivity index (χ0n) is 26.0. The van der Waals surface area contributed by atoms with Crippen molar-refractivity contribution in [2.75, 3.05) is 0 Å². The molecule has 0 atom stereocenters. The molecule has 0 radical (unpaired) electrons. The normalized spacial score (nSPS) is 11.8. The first-order chi connectivity index (χ1) is 23.8. The average molecular weight is 613 g/mol. The summed E-state index contributed by atoms with van der Waals surface area (Å²) in [7, 11) is 0. The van der Waals surface area contributed by atoms with E-state index in [1.807, 2.05) is 30.3 Å². The lowest BCUT2D eigenvalue weighted by Gasteiger charge is -2.10. The molecule has 7 aromatic carbocycles. The summed E-state index contributed by atoms with van der Waals surface area (Å²) in [5.74, 6) is 0. The SMILES string of the molecule is c1ccc(-c2ccc(-n3c4ccc(-c5ccc6c(c5)c5ccccc5n6-c5ccccc5)cc4c4nc5ccccc5nc43)cc2)cc1. The van der Waals surface area contributed by atoms with E-state index in [1.54, 1.807) is 0 Å². The van der Waals surface area contributed by atoms with Crippen molar-refractivity contribution in [3.8, 4) is 33.6 Å². The highest BCUT2D eigenvalue weighted by Crippen LogP contribution is 2.38. The fourth-order valence-electron chi connectivity index (χ4n) is 7.24. The Kier molecular flexibility index (Phi) is 5.84. The van der Waals surface area contributed by atoms with Crippen LogP contribution in [0.25, 0.3) is 88.5 Å². The monoisotopic (exact) mass is 612 g/mol.